The van der Waals surface area contributed by atoms with Crippen LogP contribution in [-0.2, 0) is 6.54 Å². The quantitative estimate of drug-likeness (QED) is 0.859. The van der Waals surface area contributed by atoms with Gasteiger partial charge in [-0.05, 0) is 32.4 Å². The zero-order valence-corrected chi connectivity index (χ0v) is 10.3. The van der Waals surface area contributed by atoms with Crippen LogP contribution in [0.25, 0.3) is 0 Å². The van der Waals surface area contributed by atoms with Crippen LogP contribution in [0.4, 0.5) is 5.82 Å². The van der Waals surface area contributed by atoms with E-state index in [-0.39, 0.29) is 0 Å². The molecular formula is C11H18ClN3. The van der Waals surface area contributed by atoms with Gasteiger partial charge in [-0.1, -0.05) is 11.6 Å². The van der Waals surface area contributed by atoms with E-state index in [9.17, 15) is 0 Å². The fourth-order valence-electron chi connectivity index (χ4n) is 1.59. The number of pyridine rings is 1. The number of halogens is 1. The highest BCUT2D eigenvalue weighted by Crippen LogP contribution is 2.27. The summed E-state index contributed by atoms with van der Waals surface area (Å²) in [5.74, 6) is 0.831. The highest BCUT2D eigenvalue weighted by Gasteiger charge is 2.15. The average molecular weight is 228 g/mol. The lowest BCUT2D eigenvalue weighted by atomic mass is 10.2. The largest absolute Gasteiger partial charge is 0.353 e. The summed E-state index contributed by atoms with van der Waals surface area (Å²) in [4.78, 5) is 6.47. The minimum absolute atomic E-state index is 0.382. The normalized spacial score (nSPS) is 10.8. The molecule has 0 spiro atoms. The number of anilines is 1. The third-order valence-electron chi connectivity index (χ3n) is 2.41. The smallest absolute Gasteiger partial charge is 0.147 e. The van der Waals surface area contributed by atoms with Gasteiger partial charge in [0.05, 0.1) is 5.02 Å². The zero-order chi connectivity index (χ0) is 11.4. The van der Waals surface area contributed by atoms with Gasteiger partial charge in [0.2, 0.25) is 0 Å². The van der Waals surface area contributed by atoms with Crippen LogP contribution in [0.3, 0.4) is 0 Å². The lowest BCUT2D eigenvalue weighted by Gasteiger charge is -2.27. The van der Waals surface area contributed by atoms with Gasteiger partial charge in [-0.2, -0.15) is 0 Å². The van der Waals surface area contributed by atoms with Crippen LogP contribution < -0.4 is 10.6 Å². The van der Waals surface area contributed by atoms with E-state index in [1.54, 1.807) is 6.20 Å². The number of nitrogens with two attached hydrogens (primary N) is 1. The molecule has 0 atom stereocenters. The SMILES string of the molecule is CCN(c1nccc(CN)c1Cl)C(C)C. The molecule has 0 saturated carbocycles. The number of aromatic nitrogens is 1. The van der Waals surface area contributed by atoms with Crippen molar-refractivity contribution in [2.45, 2.75) is 33.4 Å². The summed E-state index contributed by atoms with van der Waals surface area (Å²) in [7, 11) is 0. The fourth-order valence-corrected chi connectivity index (χ4v) is 1.89. The van der Waals surface area contributed by atoms with Gasteiger partial charge in [-0.25, -0.2) is 4.98 Å². The Kier molecular flexibility index (Phi) is 4.36. The maximum Gasteiger partial charge on any atom is 0.147 e. The van der Waals surface area contributed by atoms with Crippen LogP contribution in [0, 0.1) is 0 Å². The van der Waals surface area contributed by atoms with Crippen molar-refractivity contribution >= 4 is 17.4 Å². The van der Waals surface area contributed by atoms with Gasteiger partial charge in [-0.15, -0.1) is 0 Å². The highest BCUT2D eigenvalue weighted by molar-refractivity contribution is 6.33. The molecule has 1 aromatic rings. The predicted octanol–water partition coefficient (Wildman–Crippen LogP) is 2.43. The molecule has 0 bridgehead atoms. The summed E-state index contributed by atoms with van der Waals surface area (Å²) in [6, 6.07) is 2.24. The van der Waals surface area contributed by atoms with Crippen LogP contribution in [0.15, 0.2) is 12.3 Å². The third-order valence-corrected chi connectivity index (χ3v) is 2.82. The summed E-state index contributed by atoms with van der Waals surface area (Å²) < 4.78 is 0. The first kappa shape index (κ1) is 12.3. The molecule has 1 rings (SSSR count). The van der Waals surface area contributed by atoms with Gasteiger partial charge in [0.25, 0.3) is 0 Å². The monoisotopic (exact) mass is 227 g/mol. The Morgan fingerprint density at radius 3 is 2.67 bits per heavy atom. The maximum absolute atomic E-state index is 6.24. The van der Waals surface area contributed by atoms with Crippen molar-refractivity contribution in [3.05, 3.63) is 22.8 Å². The van der Waals surface area contributed by atoms with Crippen molar-refractivity contribution in [1.82, 2.24) is 4.98 Å². The molecule has 0 aromatic carbocycles. The molecule has 0 aliphatic heterocycles. The molecule has 1 heterocycles. The molecule has 0 aliphatic carbocycles. The zero-order valence-electron chi connectivity index (χ0n) is 9.50. The Balaban J connectivity index is 3.12. The van der Waals surface area contributed by atoms with Crippen molar-refractivity contribution < 1.29 is 0 Å². The van der Waals surface area contributed by atoms with E-state index in [4.69, 9.17) is 17.3 Å². The second-order valence-corrected chi connectivity index (χ2v) is 4.07. The lowest BCUT2D eigenvalue weighted by molar-refractivity contribution is 0.693. The molecule has 4 heteroatoms. The van der Waals surface area contributed by atoms with E-state index in [1.807, 2.05) is 6.07 Å². The summed E-state index contributed by atoms with van der Waals surface area (Å²) in [5, 5.41) is 0.676. The molecule has 0 amide bonds. The van der Waals surface area contributed by atoms with Gasteiger partial charge in [0.15, 0.2) is 0 Å². The second kappa shape index (κ2) is 5.33. The Labute approximate surface area is 96.2 Å². The molecule has 1 aromatic heterocycles. The predicted molar refractivity (Wildman–Crippen MR) is 65.3 cm³/mol. The minimum atomic E-state index is 0.382. The molecule has 15 heavy (non-hydrogen) atoms. The van der Waals surface area contributed by atoms with E-state index in [0.29, 0.717) is 17.6 Å². The van der Waals surface area contributed by atoms with Gasteiger partial charge in [0, 0.05) is 25.3 Å². The molecule has 0 fully saturated rings. The van der Waals surface area contributed by atoms with Gasteiger partial charge in [0.1, 0.15) is 5.82 Å². The summed E-state index contributed by atoms with van der Waals surface area (Å²) in [6.07, 6.45) is 1.76. The van der Waals surface area contributed by atoms with Crippen LogP contribution in [-0.4, -0.2) is 17.6 Å². The van der Waals surface area contributed by atoms with E-state index in [2.05, 4.69) is 30.7 Å². The minimum Gasteiger partial charge on any atom is -0.353 e. The summed E-state index contributed by atoms with van der Waals surface area (Å²) in [5.41, 5.74) is 6.55. The Bertz CT molecular complexity index is 326. The van der Waals surface area contributed by atoms with Crippen LogP contribution >= 0.6 is 11.6 Å². The Morgan fingerprint density at radius 1 is 1.53 bits per heavy atom. The molecular weight excluding hydrogens is 210 g/mol. The highest BCUT2D eigenvalue weighted by atomic mass is 35.5. The molecule has 0 saturated heterocycles. The summed E-state index contributed by atoms with van der Waals surface area (Å²) >= 11 is 6.24. The van der Waals surface area contributed by atoms with Gasteiger partial charge in [-0.3, -0.25) is 0 Å². The van der Waals surface area contributed by atoms with E-state index < -0.39 is 0 Å². The summed E-state index contributed by atoms with van der Waals surface area (Å²) in [6.45, 7) is 7.67. The third kappa shape index (κ3) is 2.61. The van der Waals surface area contributed by atoms with E-state index >= 15 is 0 Å². The Hall–Kier alpha value is -0.800. The average Bonchev–Trinajstić information content (AvgIpc) is 2.21. The number of rotatable bonds is 4. The number of hydrogen-bond acceptors (Lipinski definition) is 3. The van der Waals surface area contributed by atoms with Crippen molar-refractivity contribution in [3.8, 4) is 0 Å². The van der Waals surface area contributed by atoms with E-state index in [1.165, 1.54) is 0 Å². The van der Waals surface area contributed by atoms with Gasteiger partial charge < -0.3 is 10.6 Å². The van der Waals surface area contributed by atoms with Crippen molar-refractivity contribution in [2.75, 3.05) is 11.4 Å². The van der Waals surface area contributed by atoms with Gasteiger partial charge >= 0.3 is 0 Å². The van der Waals surface area contributed by atoms with Crippen LogP contribution in [0.1, 0.15) is 26.3 Å². The van der Waals surface area contributed by atoms with Crippen LogP contribution in [0.2, 0.25) is 5.02 Å². The molecule has 0 radical (unpaired) electrons. The maximum atomic E-state index is 6.24. The first-order chi connectivity index (χ1) is 7.11. The first-order valence-electron chi connectivity index (χ1n) is 5.21. The second-order valence-electron chi connectivity index (χ2n) is 3.69. The lowest BCUT2D eigenvalue weighted by Crippen LogP contribution is -2.31. The molecule has 0 aliphatic rings. The first-order valence-corrected chi connectivity index (χ1v) is 5.59. The molecule has 84 valence electrons. The van der Waals surface area contributed by atoms with Crippen LogP contribution in [0.5, 0.6) is 0 Å². The number of nitrogens with zero attached hydrogens (tertiary/aromatic N) is 2. The molecule has 0 unspecified atom stereocenters. The standard InChI is InChI=1S/C11H18ClN3/c1-4-15(8(2)3)11-10(12)9(7-13)5-6-14-11/h5-6,8H,4,7,13H2,1-3H3. The fraction of sp³-hybridized carbons (Fsp3) is 0.545. The topological polar surface area (TPSA) is 42.2 Å². The van der Waals surface area contributed by atoms with Crippen molar-refractivity contribution in [1.29, 1.82) is 0 Å². The van der Waals surface area contributed by atoms with Crippen molar-refractivity contribution in [2.24, 2.45) is 5.73 Å². The molecule has 2 N–H and O–H groups in total. The Morgan fingerprint density at radius 2 is 2.20 bits per heavy atom. The number of hydrogen-bond donors (Lipinski definition) is 1. The molecule has 3 nitrogen and oxygen atoms in total. The van der Waals surface area contributed by atoms with E-state index in [0.717, 1.165) is 17.9 Å². The van der Waals surface area contributed by atoms with Crippen molar-refractivity contribution in [3.63, 3.8) is 0 Å².